The van der Waals surface area contributed by atoms with E-state index < -0.39 is 0 Å². The molecular formula is C19H20N2. The summed E-state index contributed by atoms with van der Waals surface area (Å²) in [6.45, 7) is 3.15. The van der Waals surface area contributed by atoms with E-state index in [9.17, 15) is 0 Å². The average molecular weight is 276 g/mol. The third kappa shape index (κ3) is 3.47. The van der Waals surface area contributed by atoms with Crippen molar-refractivity contribution in [1.82, 2.24) is 10.3 Å². The van der Waals surface area contributed by atoms with Gasteiger partial charge >= 0.3 is 0 Å². The second-order valence-corrected chi connectivity index (χ2v) is 5.35. The van der Waals surface area contributed by atoms with Gasteiger partial charge in [0.15, 0.2) is 0 Å². The van der Waals surface area contributed by atoms with E-state index in [2.05, 4.69) is 65.8 Å². The van der Waals surface area contributed by atoms with Crippen molar-refractivity contribution in [3.8, 4) is 0 Å². The Labute approximate surface area is 125 Å². The van der Waals surface area contributed by atoms with Crippen LogP contribution in [0.1, 0.15) is 24.2 Å². The van der Waals surface area contributed by atoms with Crippen molar-refractivity contribution in [2.24, 2.45) is 0 Å². The van der Waals surface area contributed by atoms with Gasteiger partial charge in [0.05, 0.1) is 0 Å². The maximum Gasteiger partial charge on any atom is 0.0416 e. The highest BCUT2D eigenvalue weighted by molar-refractivity contribution is 5.83. The van der Waals surface area contributed by atoms with Gasteiger partial charge in [-0.25, -0.2) is 0 Å². The predicted octanol–water partition coefficient (Wildman–Crippen LogP) is 4.13. The highest BCUT2D eigenvalue weighted by Gasteiger charge is 2.05. The molecule has 1 atom stereocenters. The molecule has 106 valence electrons. The molecule has 0 bridgehead atoms. The monoisotopic (exact) mass is 276 g/mol. The van der Waals surface area contributed by atoms with Crippen LogP contribution in [0.3, 0.4) is 0 Å². The van der Waals surface area contributed by atoms with E-state index in [1.54, 1.807) is 0 Å². The molecule has 1 aromatic heterocycles. The third-order valence-electron chi connectivity index (χ3n) is 3.83. The zero-order valence-corrected chi connectivity index (χ0v) is 12.3. The molecule has 1 unspecified atom stereocenters. The zero-order valence-electron chi connectivity index (χ0n) is 12.3. The van der Waals surface area contributed by atoms with Crippen LogP contribution >= 0.6 is 0 Å². The fraction of sp³-hybridized carbons (Fsp3) is 0.211. The first kappa shape index (κ1) is 13.8. The van der Waals surface area contributed by atoms with Gasteiger partial charge in [-0.05, 0) is 41.5 Å². The number of pyridine rings is 1. The van der Waals surface area contributed by atoms with Crippen LogP contribution in [0.4, 0.5) is 0 Å². The number of hydrogen-bond acceptors (Lipinski definition) is 2. The highest BCUT2D eigenvalue weighted by Crippen LogP contribution is 2.20. The summed E-state index contributed by atoms with van der Waals surface area (Å²) in [7, 11) is 0. The number of aromatic nitrogens is 1. The molecule has 0 fully saturated rings. The fourth-order valence-corrected chi connectivity index (χ4v) is 2.56. The van der Waals surface area contributed by atoms with Crippen molar-refractivity contribution in [2.45, 2.75) is 19.4 Å². The molecule has 0 aliphatic rings. The summed E-state index contributed by atoms with van der Waals surface area (Å²) < 4.78 is 0. The Balaban J connectivity index is 1.62. The van der Waals surface area contributed by atoms with Gasteiger partial charge in [0.1, 0.15) is 0 Å². The Morgan fingerprint density at radius 3 is 2.57 bits per heavy atom. The molecule has 2 aromatic carbocycles. The van der Waals surface area contributed by atoms with Crippen LogP contribution in [-0.4, -0.2) is 11.5 Å². The zero-order chi connectivity index (χ0) is 14.5. The minimum absolute atomic E-state index is 0.346. The van der Waals surface area contributed by atoms with Gasteiger partial charge in [0, 0.05) is 30.9 Å². The normalized spacial score (nSPS) is 12.4. The van der Waals surface area contributed by atoms with E-state index in [-0.39, 0.29) is 0 Å². The Morgan fingerprint density at radius 2 is 1.76 bits per heavy atom. The lowest BCUT2D eigenvalue weighted by atomic mass is 10.0. The molecule has 0 aliphatic heterocycles. The molecule has 2 nitrogen and oxygen atoms in total. The predicted molar refractivity (Wildman–Crippen MR) is 88.3 cm³/mol. The van der Waals surface area contributed by atoms with Crippen LogP contribution in [0.2, 0.25) is 0 Å². The minimum Gasteiger partial charge on any atom is -0.310 e. The molecule has 2 heteroatoms. The summed E-state index contributed by atoms with van der Waals surface area (Å²) in [6, 6.07) is 21.6. The second kappa shape index (κ2) is 6.51. The molecule has 0 amide bonds. The van der Waals surface area contributed by atoms with Gasteiger partial charge in [-0.2, -0.15) is 0 Å². The number of hydrogen-bond donors (Lipinski definition) is 1. The lowest BCUT2D eigenvalue weighted by Gasteiger charge is -2.15. The molecule has 3 rings (SSSR count). The Kier molecular flexibility index (Phi) is 4.27. The lowest BCUT2D eigenvalue weighted by Crippen LogP contribution is -2.21. The summed E-state index contributed by atoms with van der Waals surface area (Å²) in [6.07, 6.45) is 2.81. The molecule has 1 heterocycles. The van der Waals surface area contributed by atoms with Crippen molar-refractivity contribution in [3.63, 3.8) is 0 Å². The molecule has 0 saturated heterocycles. The minimum atomic E-state index is 0.346. The summed E-state index contributed by atoms with van der Waals surface area (Å²) in [5, 5.41) is 6.16. The highest BCUT2D eigenvalue weighted by atomic mass is 14.9. The number of nitrogens with one attached hydrogen (secondary N) is 1. The van der Waals surface area contributed by atoms with Crippen molar-refractivity contribution in [3.05, 3.63) is 78.1 Å². The van der Waals surface area contributed by atoms with Crippen LogP contribution in [0.15, 0.2) is 66.9 Å². The van der Waals surface area contributed by atoms with Crippen molar-refractivity contribution >= 4 is 10.8 Å². The second-order valence-electron chi connectivity index (χ2n) is 5.35. The van der Waals surface area contributed by atoms with E-state index in [4.69, 9.17) is 0 Å². The Hall–Kier alpha value is -2.19. The van der Waals surface area contributed by atoms with Gasteiger partial charge in [-0.3, -0.25) is 4.98 Å². The first-order chi connectivity index (χ1) is 10.3. The maximum absolute atomic E-state index is 4.35. The summed E-state index contributed by atoms with van der Waals surface area (Å²) in [4.78, 5) is 4.35. The van der Waals surface area contributed by atoms with Crippen LogP contribution in [-0.2, 0) is 6.42 Å². The molecule has 0 aliphatic carbocycles. The molecule has 21 heavy (non-hydrogen) atoms. The number of nitrogens with zero attached hydrogens (tertiary/aromatic N) is 1. The van der Waals surface area contributed by atoms with Crippen molar-refractivity contribution < 1.29 is 0 Å². The average Bonchev–Trinajstić information content (AvgIpc) is 2.55. The molecule has 0 saturated carbocycles. The lowest BCUT2D eigenvalue weighted by molar-refractivity contribution is 0.574. The number of benzene rings is 2. The van der Waals surface area contributed by atoms with Crippen LogP contribution in [0.25, 0.3) is 10.8 Å². The maximum atomic E-state index is 4.35. The SMILES string of the molecule is CC(NCCc1ccccn1)c1ccc2ccccc2c1. The van der Waals surface area contributed by atoms with Gasteiger partial charge in [-0.1, -0.05) is 42.5 Å². The van der Waals surface area contributed by atoms with E-state index in [1.165, 1.54) is 16.3 Å². The van der Waals surface area contributed by atoms with Gasteiger partial charge in [0.2, 0.25) is 0 Å². The Morgan fingerprint density at radius 1 is 0.952 bits per heavy atom. The van der Waals surface area contributed by atoms with Crippen LogP contribution in [0, 0.1) is 0 Å². The topological polar surface area (TPSA) is 24.9 Å². The molecule has 1 N–H and O–H groups in total. The van der Waals surface area contributed by atoms with E-state index in [1.807, 2.05) is 18.3 Å². The Bertz CT molecular complexity index is 707. The summed E-state index contributed by atoms with van der Waals surface area (Å²) >= 11 is 0. The van der Waals surface area contributed by atoms with Crippen LogP contribution < -0.4 is 5.32 Å². The van der Waals surface area contributed by atoms with Crippen molar-refractivity contribution in [1.29, 1.82) is 0 Å². The van der Waals surface area contributed by atoms with Gasteiger partial charge in [-0.15, -0.1) is 0 Å². The largest absolute Gasteiger partial charge is 0.310 e. The van der Waals surface area contributed by atoms with Crippen molar-refractivity contribution in [2.75, 3.05) is 6.54 Å². The van der Waals surface area contributed by atoms with E-state index in [0.717, 1.165) is 18.7 Å². The van der Waals surface area contributed by atoms with E-state index >= 15 is 0 Å². The molecule has 0 spiro atoms. The smallest absolute Gasteiger partial charge is 0.0416 e. The quantitative estimate of drug-likeness (QED) is 0.758. The first-order valence-electron chi connectivity index (χ1n) is 7.45. The molecule has 0 radical (unpaired) electrons. The number of fused-ring (bicyclic) bond motifs is 1. The molecule has 3 aromatic rings. The fourth-order valence-electron chi connectivity index (χ4n) is 2.56. The van der Waals surface area contributed by atoms with Gasteiger partial charge in [0.25, 0.3) is 0 Å². The standard InChI is InChI=1S/C19H20N2/c1-15(20-13-11-19-8-4-5-12-21-19)17-10-9-16-6-2-3-7-18(16)14-17/h2-10,12,14-15,20H,11,13H2,1H3. The molecular weight excluding hydrogens is 256 g/mol. The van der Waals surface area contributed by atoms with Gasteiger partial charge < -0.3 is 5.32 Å². The first-order valence-corrected chi connectivity index (χ1v) is 7.45. The number of rotatable bonds is 5. The summed E-state index contributed by atoms with van der Waals surface area (Å²) in [5.74, 6) is 0. The third-order valence-corrected chi connectivity index (χ3v) is 3.83. The van der Waals surface area contributed by atoms with Crippen LogP contribution in [0.5, 0.6) is 0 Å². The summed E-state index contributed by atoms with van der Waals surface area (Å²) in [5.41, 5.74) is 2.46. The van der Waals surface area contributed by atoms with E-state index in [0.29, 0.717) is 6.04 Å².